The first-order valence-corrected chi connectivity index (χ1v) is 7.86. The molecule has 3 nitrogen and oxygen atoms in total. The summed E-state index contributed by atoms with van der Waals surface area (Å²) < 4.78 is 22.3. The molecule has 1 rings (SSSR count). The molecule has 0 amide bonds. The van der Waals surface area contributed by atoms with E-state index in [1.165, 1.54) is 32.4 Å². The fourth-order valence-electron chi connectivity index (χ4n) is 1.95. The SMILES string of the molecule is C=CCP(=O)(OC)OB(Cl)C1CCCCC1. The molecule has 0 bridgehead atoms. The van der Waals surface area contributed by atoms with Crippen LogP contribution in [0, 0.1) is 0 Å². The largest absolute Gasteiger partial charge is 0.409 e. The molecule has 0 aromatic heterocycles. The highest BCUT2D eigenvalue weighted by Gasteiger charge is 2.34. The molecule has 0 aliphatic heterocycles. The minimum atomic E-state index is -3.07. The van der Waals surface area contributed by atoms with Crippen LogP contribution in [0.3, 0.4) is 0 Å². The number of halogens is 1. The van der Waals surface area contributed by atoms with Gasteiger partial charge in [0.2, 0.25) is 0 Å². The molecule has 1 fully saturated rings. The van der Waals surface area contributed by atoms with Crippen molar-refractivity contribution >= 4 is 25.4 Å². The average molecular weight is 264 g/mol. The van der Waals surface area contributed by atoms with Gasteiger partial charge in [0.05, 0.1) is 6.16 Å². The third-order valence-corrected chi connectivity index (χ3v) is 5.29. The maximum atomic E-state index is 12.0. The Bertz CT molecular complexity index is 269. The molecule has 1 atom stereocenters. The first-order valence-electron chi connectivity index (χ1n) is 5.69. The minimum absolute atomic E-state index is 0.208. The van der Waals surface area contributed by atoms with E-state index < -0.39 is 13.9 Å². The maximum Gasteiger partial charge on any atom is 0.409 e. The molecule has 0 heterocycles. The zero-order valence-electron chi connectivity index (χ0n) is 9.73. The van der Waals surface area contributed by atoms with E-state index in [-0.39, 0.29) is 6.16 Å². The highest BCUT2D eigenvalue weighted by atomic mass is 35.5. The first kappa shape index (κ1) is 14.3. The van der Waals surface area contributed by atoms with Crippen molar-refractivity contribution in [3.63, 3.8) is 0 Å². The summed E-state index contributed by atoms with van der Waals surface area (Å²) in [5.41, 5.74) is 0. The summed E-state index contributed by atoms with van der Waals surface area (Å²) in [6, 6.07) is 0. The standard InChI is InChI=1S/C10H19BClO3P/c1-3-9-16(13,14-2)15-11(12)10-7-5-4-6-8-10/h3,10H,1,4-9H2,2H3. The van der Waals surface area contributed by atoms with Crippen LogP contribution in [0.15, 0.2) is 12.7 Å². The van der Waals surface area contributed by atoms with Gasteiger partial charge in [-0.3, -0.25) is 4.57 Å². The van der Waals surface area contributed by atoms with Gasteiger partial charge in [-0.2, -0.15) is 11.5 Å². The molecule has 6 heteroatoms. The first-order chi connectivity index (χ1) is 7.61. The normalized spacial score (nSPS) is 21.4. The van der Waals surface area contributed by atoms with Crippen LogP contribution in [0.2, 0.25) is 5.82 Å². The van der Waals surface area contributed by atoms with E-state index in [1.807, 2.05) is 0 Å². The summed E-state index contributed by atoms with van der Waals surface area (Å²) in [6.45, 7) is 3.54. The smallest absolute Gasteiger partial charge is 0.351 e. The molecular weight excluding hydrogens is 245 g/mol. The number of allylic oxidation sites excluding steroid dienone is 1. The van der Waals surface area contributed by atoms with Crippen LogP contribution in [0.4, 0.5) is 0 Å². The molecule has 0 radical (unpaired) electrons. The summed E-state index contributed by atoms with van der Waals surface area (Å²) in [4.78, 5) is 0. The van der Waals surface area contributed by atoms with E-state index in [1.54, 1.807) is 0 Å². The summed E-state index contributed by atoms with van der Waals surface area (Å²) in [5.74, 6) is 0.295. The van der Waals surface area contributed by atoms with Crippen LogP contribution in [-0.2, 0) is 13.5 Å². The number of rotatable bonds is 6. The summed E-state index contributed by atoms with van der Waals surface area (Å²) in [7, 11) is -1.69. The fourth-order valence-corrected chi connectivity index (χ4v) is 3.69. The second-order valence-electron chi connectivity index (χ2n) is 4.12. The van der Waals surface area contributed by atoms with E-state index in [2.05, 4.69) is 6.58 Å². The highest BCUT2D eigenvalue weighted by Crippen LogP contribution is 2.50. The Hall–Kier alpha value is 0.245. The van der Waals surface area contributed by atoms with Crippen molar-refractivity contribution in [3.05, 3.63) is 12.7 Å². The molecule has 0 aromatic rings. The zero-order valence-corrected chi connectivity index (χ0v) is 11.4. The lowest BCUT2D eigenvalue weighted by Crippen LogP contribution is -2.20. The zero-order chi connectivity index (χ0) is 12.0. The van der Waals surface area contributed by atoms with Crippen LogP contribution < -0.4 is 0 Å². The van der Waals surface area contributed by atoms with E-state index >= 15 is 0 Å². The Kier molecular flexibility index (Phi) is 6.13. The molecule has 1 unspecified atom stereocenters. The topological polar surface area (TPSA) is 35.5 Å². The van der Waals surface area contributed by atoms with Gasteiger partial charge in [0.25, 0.3) is 0 Å². The number of hydrogen-bond donors (Lipinski definition) is 0. The van der Waals surface area contributed by atoms with Crippen LogP contribution >= 0.6 is 19.1 Å². The predicted molar refractivity (Wildman–Crippen MR) is 69.2 cm³/mol. The van der Waals surface area contributed by atoms with Gasteiger partial charge in [0.1, 0.15) is 0 Å². The molecule has 0 N–H and O–H groups in total. The average Bonchev–Trinajstić information content (AvgIpc) is 2.30. The summed E-state index contributed by atoms with van der Waals surface area (Å²) >= 11 is 6.15. The van der Waals surface area contributed by atoms with Crippen molar-refractivity contribution in [1.29, 1.82) is 0 Å². The second kappa shape index (κ2) is 6.85. The van der Waals surface area contributed by atoms with Crippen LogP contribution in [-0.4, -0.2) is 19.6 Å². The second-order valence-corrected chi connectivity index (χ2v) is 6.71. The lowest BCUT2D eigenvalue weighted by atomic mass is 9.70. The van der Waals surface area contributed by atoms with Crippen molar-refractivity contribution in [1.82, 2.24) is 0 Å². The molecule has 1 saturated carbocycles. The predicted octanol–water partition coefficient (Wildman–Crippen LogP) is 4.09. The van der Waals surface area contributed by atoms with Crippen LogP contribution in [0.25, 0.3) is 0 Å². The van der Waals surface area contributed by atoms with Gasteiger partial charge in [0, 0.05) is 7.11 Å². The highest BCUT2D eigenvalue weighted by molar-refractivity contribution is 7.56. The van der Waals surface area contributed by atoms with Crippen molar-refractivity contribution < 1.29 is 13.5 Å². The molecule has 16 heavy (non-hydrogen) atoms. The van der Waals surface area contributed by atoms with Gasteiger partial charge in [-0.05, 0) is 5.82 Å². The van der Waals surface area contributed by atoms with Crippen molar-refractivity contribution in [3.8, 4) is 0 Å². The Morgan fingerprint density at radius 2 is 2.12 bits per heavy atom. The minimum Gasteiger partial charge on any atom is -0.351 e. The van der Waals surface area contributed by atoms with Crippen LogP contribution in [0.5, 0.6) is 0 Å². The van der Waals surface area contributed by atoms with Gasteiger partial charge in [-0.15, -0.1) is 6.58 Å². The third-order valence-electron chi connectivity index (χ3n) is 2.91. The van der Waals surface area contributed by atoms with Crippen molar-refractivity contribution in [2.75, 3.05) is 13.3 Å². The quantitative estimate of drug-likeness (QED) is 0.412. The fraction of sp³-hybridized carbons (Fsp3) is 0.800. The molecule has 92 valence electrons. The van der Waals surface area contributed by atoms with E-state index in [4.69, 9.17) is 20.4 Å². The van der Waals surface area contributed by atoms with Crippen LogP contribution in [0.1, 0.15) is 32.1 Å². The Labute approximate surface area is 103 Å². The Morgan fingerprint density at radius 1 is 1.50 bits per heavy atom. The van der Waals surface area contributed by atoms with Crippen molar-refractivity contribution in [2.24, 2.45) is 0 Å². The van der Waals surface area contributed by atoms with E-state index in [9.17, 15) is 4.57 Å². The molecule has 1 aliphatic rings. The molecule has 0 spiro atoms. The summed E-state index contributed by atoms with van der Waals surface area (Å²) in [6.07, 6.45) is 6.94. The third kappa shape index (κ3) is 4.25. The summed E-state index contributed by atoms with van der Waals surface area (Å²) in [5, 5.41) is 0. The molecule has 1 aliphatic carbocycles. The lowest BCUT2D eigenvalue weighted by molar-refractivity contribution is 0.323. The van der Waals surface area contributed by atoms with Gasteiger partial charge < -0.3 is 8.96 Å². The molecule has 0 aromatic carbocycles. The van der Waals surface area contributed by atoms with Crippen molar-refractivity contribution in [2.45, 2.75) is 37.9 Å². The van der Waals surface area contributed by atoms with E-state index in [0.717, 1.165) is 12.8 Å². The monoisotopic (exact) mass is 264 g/mol. The number of hydrogen-bond acceptors (Lipinski definition) is 3. The molecular formula is C10H19BClO3P. The Morgan fingerprint density at radius 3 is 2.62 bits per heavy atom. The van der Waals surface area contributed by atoms with E-state index in [0.29, 0.717) is 5.82 Å². The molecule has 0 saturated heterocycles. The van der Waals surface area contributed by atoms with Gasteiger partial charge >= 0.3 is 13.9 Å². The van der Waals surface area contributed by atoms with Gasteiger partial charge in [-0.1, -0.05) is 38.2 Å². The lowest BCUT2D eigenvalue weighted by Gasteiger charge is -2.25. The maximum absolute atomic E-state index is 12.0. The van der Waals surface area contributed by atoms with Gasteiger partial charge in [0.15, 0.2) is 0 Å². The Balaban J connectivity index is 2.50. The van der Waals surface area contributed by atoms with Gasteiger partial charge in [-0.25, -0.2) is 0 Å².